The first-order valence-electron chi connectivity index (χ1n) is 5.28. The number of thiophene rings is 1. The number of likely N-dealkylation sites (tertiary alicyclic amines) is 1. The number of carbonyl (C=O) groups is 1. The molecule has 0 spiro atoms. The lowest BCUT2D eigenvalue weighted by Crippen LogP contribution is -2.44. The van der Waals surface area contributed by atoms with Crippen molar-refractivity contribution < 1.29 is 15.0 Å². The van der Waals surface area contributed by atoms with Gasteiger partial charge in [0.2, 0.25) is 0 Å². The Kier molecular flexibility index (Phi) is 2.90. The second kappa shape index (κ2) is 4.07. The smallest absolute Gasteiger partial charge is 0.407 e. The molecule has 1 aromatic heterocycles. The lowest BCUT2D eigenvalue weighted by molar-refractivity contribution is -0.0188. The number of piperidine rings is 1. The lowest BCUT2D eigenvalue weighted by Gasteiger charge is -2.36. The highest BCUT2D eigenvalue weighted by Crippen LogP contribution is 2.37. The normalized spacial score (nSPS) is 19.8. The van der Waals surface area contributed by atoms with Crippen LogP contribution in [0.1, 0.15) is 23.3 Å². The number of rotatable bonds is 1. The molecule has 2 heterocycles. The summed E-state index contributed by atoms with van der Waals surface area (Å²) in [7, 11) is 0. The van der Waals surface area contributed by atoms with Gasteiger partial charge in [0.25, 0.3) is 0 Å². The molecule has 88 valence electrons. The largest absolute Gasteiger partial charge is 0.465 e. The number of nitrogens with zero attached hydrogens (tertiary/aromatic N) is 1. The Morgan fingerprint density at radius 1 is 1.50 bits per heavy atom. The van der Waals surface area contributed by atoms with Crippen molar-refractivity contribution in [1.29, 1.82) is 0 Å². The van der Waals surface area contributed by atoms with Gasteiger partial charge in [-0.3, -0.25) is 0 Å². The van der Waals surface area contributed by atoms with E-state index in [4.69, 9.17) is 5.11 Å². The van der Waals surface area contributed by atoms with E-state index < -0.39 is 11.7 Å². The molecule has 0 radical (unpaired) electrons. The summed E-state index contributed by atoms with van der Waals surface area (Å²) in [4.78, 5) is 13.1. The quantitative estimate of drug-likeness (QED) is 0.790. The van der Waals surface area contributed by atoms with Crippen LogP contribution in [0.3, 0.4) is 0 Å². The van der Waals surface area contributed by atoms with E-state index in [1.807, 2.05) is 18.4 Å². The minimum atomic E-state index is -0.898. The van der Waals surface area contributed by atoms with Crippen molar-refractivity contribution in [2.75, 3.05) is 13.1 Å². The first-order chi connectivity index (χ1) is 7.53. The van der Waals surface area contributed by atoms with Gasteiger partial charge in [0.05, 0.1) is 0 Å². The third-order valence-electron chi connectivity index (χ3n) is 3.15. The van der Waals surface area contributed by atoms with Crippen LogP contribution >= 0.6 is 11.3 Å². The minimum absolute atomic E-state index is 0.406. The molecule has 1 aliphatic rings. The van der Waals surface area contributed by atoms with Gasteiger partial charge in [-0.2, -0.15) is 0 Å². The van der Waals surface area contributed by atoms with E-state index in [0.717, 1.165) is 10.4 Å². The average Bonchev–Trinajstić information content (AvgIpc) is 2.66. The van der Waals surface area contributed by atoms with Gasteiger partial charge in [-0.1, -0.05) is 0 Å². The third-order valence-corrected chi connectivity index (χ3v) is 4.36. The van der Waals surface area contributed by atoms with E-state index in [-0.39, 0.29) is 0 Å². The zero-order chi connectivity index (χ0) is 11.8. The molecule has 2 rings (SSSR count). The van der Waals surface area contributed by atoms with E-state index in [1.165, 1.54) is 4.90 Å². The standard InChI is InChI=1S/C11H15NO3S/c1-8-2-7-16-9(8)11(15)3-5-12(6-4-11)10(13)14/h2,7,15H,3-6H2,1H3,(H,13,14). The van der Waals surface area contributed by atoms with Gasteiger partial charge >= 0.3 is 6.09 Å². The molecule has 0 atom stereocenters. The van der Waals surface area contributed by atoms with E-state index in [0.29, 0.717) is 25.9 Å². The fraction of sp³-hybridized carbons (Fsp3) is 0.545. The topological polar surface area (TPSA) is 60.8 Å². The van der Waals surface area contributed by atoms with Crippen LogP contribution in [0.25, 0.3) is 0 Å². The molecule has 4 nitrogen and oxygen atoms in total. The SMILES string of the molecule is Cc1ccsc1C1(O)CCN(C(=O)O)CC1. The Morgan fingerprint density at radius 3 is 2.56 bits per heavy atom. The van der Waals surface area contributed by atoms with Crippen LogP contribution in [-0.2, 0) is 5.60 Å². The fourth-order valence-corrected chi connectivity index (χ4v) is 3.23. The number of amides is 1. The predicted molar refractivity (Wildman–Crippen MR) is 61.8 cm³/mol. The van der Waals surface area contributed by atoms with Gasteiger partial charge in [0.15, 0.2) is 0 Å². The number of hydrogen-bond acceptors (Lipinski definition) is 3. The predicted octanol–water partition coefficient (Wildman–Crippen LogP) is 2.02. The molecule has 1 amide bonds. The molecule has 2 N–H and O–H groups in total. The maximum absolute atomic E-state index is 10.8. The molecular weight excluding hydrogens is 226 g/mol. The number of hydrogen-bond donors (Lipinski definition) is 2. The van der Waals surface area contributed by atoms with Gasteiger partial charge in [-0.25, -0.2) is 4.79 Å². The minimum Gasteiger partial charge on any atom is -0.465 e. The van der Waals surface area contributed by atoms with Crippen LogP contribution in [0.5, 0.6) is 0 Å². The summed E-state index contributed by atoms with van der Waals surface area (Å²) in [5.41, 5.74) is 0.265. The fourth-order valence-electron chi connectivity index (χ4n) is 2.14. The van der Waals surface area contributed by atoms with E-state index in [9.17, 15) is 9.90 Å². The molecule has 1 aromatic rings. The van der Waals surface area contributed by atoms with E-state index in [2.05, 4.69) is 0 Å². The van der Waals surface area contributed by atoms with Crippen LogP contribution < -0.4 is 0 Å². The van der Waals surface area contributed by atoms with Gasteiger partial charge < -0.3 is 15.1 Å². The molecule has 5 heteroatoms. The second-order valence-corrected chi connectivity index (χ2v) is 5.15. The lowest BCUT2D eigenvalue weighted by atomic mass is 9.88. The number of aliphatic hydroxyl groups is 1. The van der Waals surface area contributed by atoms with Gasteiger partial charge in [0, 0.05) is 18.0 Å². The molecular formula is C11H15NO3S. The Balaban J connectivity index is 2.13. The van der Waals surface area contributed by atoms with Crippen molar-refractivity contribution in [2.45, 2.75) is 25.4 Å². The van der Waals surface area contributed by atoms with Crippen molar-refractivity contribution in [2.24, 2.45) is 0 Å². The number of carboxylic acid groups (broad SMARTS) is 1. The van der Waals surface area contributed by atoms with Crippen LogP contribution in [-0.4, -0.2) is 34.3 Å². The van der Waals surface area contributed by atoms with Crippen LogP contribution in [0.2, 0.25) is 0 Å². The Morgan fingerprint density at radius 2 is 2.12 bits per heavy atom. The molecule has 1 saturated heterocycles. The monoisotopic (exact) mass is 241 g/mol. The second-order valence-electron chi connectivity index (χ2n) is 4.23. The Labute approximate surface area is 98.1 Å². The zero-order valence-electron chi connectivity index (χ0n) is 9.14. The molecule has 0 unspecified atom stereocenters. The maximum atomic E-state index is 10.8. The molecule has 0 saturated carbocycles. The summed E-state index contributed by atoms with van der Waals surface area (Å²) < 4.78 is 0. The van der Waals surface area contributed by atoms with Crippen molar-refractivity contribution >= 4 is 17.4 Å². The van der Waals surface area contributed by atoms with Gasteiger partial charge in [-0.05, 0) is 36.8 Å². The summed E-state index contributed by atoms with van der Waals surface area (Å²) in [5.74, 6) is 0. The molecule has 0 aliphatic carbocycles. The molecule has 0 bridgehead atoms. The summed E-state index contributed by atoms with van der Waals surface area (Å²) in [5, 5.41) is 21.3. The van der Waals surface area contributed by atoms with Crippen LogP contribution in [0.15, 0.2) is 11.4 Å². The maximum Gasteiger partial charge on any atom is 0.407 e. The molecule has 1 aliphatic heterocycles. The highest BCUT2D eigenvalue weighted by atomic mass is 32.1. The molecule has 0 aromatic carbocycles. The highest BCUT2D eigenvalue weighted by Gasteiger charge is 2.37. The van der Waals surface area contributed by atoms with Crippen LogP contribution in [0, 0.1) is 6.92 Å². The van der Waals surface area contributed by atoms with E-state index in [1.54, 1.807) is 11.3 Å². The zero-order valence-corrected chi connectivity index (χ0v) is 9.96. The van der Waals surface area contributed by atoms with Crippen molar-refractivity contribution in [3.63, 3.8) is 0 Å². The molecule has 16 heavy (non-hydrogen) atoms. The average molecular weight is 241 g/mol. The highest BCUT2D eigenvalue weighted by molar-refractivity contribution is 7.10. The first-order valence-corrected chi connectivity index (χ1v) is 6.16. The summed E-state index contributed by atoms with van der Waals surface area (Å²) >= 11 is 1.55. The molecule has 1 fully saturated rings. The Bertz CT molecular complexity index is 394. The van der Waals surface area contributed by atoms with Gasteiger partial charge in [-0.15, -0.1) is 11.3 Å². The number of aryl methyl sites for hydroxylation is 1. The van der Waals surface area contributed by atoms with Gasteiger partial charge in [0.1, 0.15) is 5.60 Å². The summed E-state index contributed by atoms with van der Waals surface area (Å²) in [6.07, 6.45) is 0.0753. The van der Waals surface area contributed by atoms with Crippen LogP contribution in [0.4, 0.5) is 4.79 Å². The first kappa shape index (κ1) is 11.4. The van der Waals surface area contributed by atoms with Crippen molar-refractivity contribution in [3.8, 4) is 0 Å². The third kappa shape index (κ3) is 1.92. The van der Waals surface area contributed by atoms with Crippen molar-refractivity contribution in [3.05, 3.63) is 21.9 Å². The Hall–Kier alpha value is -1.07. The summed E-state index contributed by atoms with van der Waals surface area (Å²) in [6.45, 7) is 2.79. The van der Waals surface area contributed by atoms with Crippen molar-refractivity contribution in [1.82, 2.24) is 4.90 Å². The summed E-state index contributed by atoms with van der Waals surface area (Å²) in [6, 6.07) is 1.99. The van der Waals surface area contributed by atoms with E-state index >= 15 is 0 Å².